The third-order valence-corrected chi connectivity index (χ3v) is 3.75. The Labute approximate surface area is 125 Å². The maximum atomic E-state index is 8.51. The van der Waals surface area contributed by atoms with Crippen LogP contribution in [0.2, 0.25) is 0 Å². The number of oxime groups is 1. The fourth-order valence-corrected chi connectivity index (χ4v) is 3.82. The lowest BCUT2D eigenvalue weighted by Crippen LogP contribution is -2.24. The predicted octanol–water partition coefficient (Wildman–Crippen LogP) is 3.91. The highest BCUT2D eigenvalue weighted by atomic mass is 79.9. The summed E-state index contributed by atoms with van der Waals surface area (Å²) in [7, 11) is 0. The number of benzene rings is 1. The van der Waals surface area contributed by atoms with Gasteiger partial charge in [-0.15, -0.1) is 0 Å². The third kappa shape index (κ3) is 4.48. The number of hydrogen-bond donors (Lipinski definition) is 3. The summed E-state index contributed by atoms with van der Waals surface area (Å²) in [6, 6.07) is 3.95. The van der Waals surface area contributed by atoms with E-state index in [0.29, 0.717) is 6.42 Å². The first-order valence-electron chi connectivity index (χ1n) is 4.81. The molecule has 1 rings (SSSR count). The van der Waals surface area contributed by atoms with Gasteiger partial charge >= 0.3 is 0 Å². The Morgan fingerprint density at radius 2 is 1.94 bits per heavy atom. The van der Waals surface area contributed by atoms with Crippen LogP contribution in [0.5, 0.6) is 0 Å². The second-order valence-electron chi connectivity index (χ2n) is 3.59. The quantitative estimate of drug-likeness (QED) is 0.294. The minimum absolute atomic E-state index is 0.0553. The fraction of sp³-hybridized carbons (Fsp3) is 0.300. The maximum absolute atomic E-state index is 8.51. The van der Waals surface area contributed by atoms with Crippen LogP contribution in [0.15, 0.2) is 30.7 Å². The number of nitrogens with one attached hydrogen (secondary N) is 1. The van der Waals surface area contributed by atoms with Crippen LogP contribution >= 0.6 is 47.8 Å². The Bertz CT molecular complexity index is 414. The highest BCUT2D eigenvalue weighted by Crippen LogP contribution is 2.34. The van der Waals surface area contributed by atoms with Gasteiger partial charge in [0, 0.05) is 25.9 Å². The van der Waals surface area contributed by atoms with Crippen LogP contribution in [-0.2, 0) is 0 Å². The third-order valence-electron chi connectivity index (χ3n) is 2.04. The molecular formula is C10H12Br3N3O. The molecule has 1 aromatic carbocycles. The van der Waals surface area contributed by atoms with E-state index in [1.165, 1.54) is 0 Å². The van der Waals surface area contributed by atoms with E-state index in [1.807, 2.05) is 19.1 Å². The number of hydrogen-bond acceptors (Lipinski definition) is 3. The van der Waals surface area contributed by atoms with Gasteiger partial charge in [0.15, 0.2) is 0 Å². The van der Waals surface area contributed by atoms with Crippen LogP contribution < -0.4 is 11.1 Å². The molecule has 0 saturated heterocycles. The summed E-state index contributed by atoms with van der Waals surface area (Å²) < 4.78 is 2.85. The van der Waals surface area contributed by atoms with E-state index < -0.39 is 0 Å². The van der Waals surface area contributed by atoms with E-state index in [-0.39, 0.29) is 11.9 Å². The molecule has 0 saturated carbocycles. The van der Waals surface area contributed by atoms with Crippen molar-refractivity contribution in [2.24, 2.45) is 10.9 Å². The molecule has 4 nitrogen and oxygen atoms in total. The van der Waals surface area contributed by atoms with Crippen molar-refractivity contribution in [1.82, 2.24) is 0 Å². The van der Waals surface area contributed by atoms with E-state index >= 15 is 0 Å². The van der Waals surface area contributed by atoms with Crippen molar-refractivity contribution in [1.29, 1.82) is 0 Å². The highest BCUT2D eigenvalue weighted by Gasteiger charge is 2.11. The molecule has 1 unspecified atom stereocenters. The summed E-state index contributed by atoms with van der Waals surface area (Å²) >= 11 is 10.4. The summed E-state index contributed by atoms with van der Waals surface area (Å²) in [5.41, 5.74) is 6.39. The largest absolute Gasteiger partial charge is 0.409 e. The lowest BCUT2D eigenvalue weighted by atomic mass is 10.2. The molecule has 0 heterocycles. The number of anilines is 1. The van der Waals surface area contributed by atoms with Gasteiger partial charge in [0.2, 0.25) is 0 Å². The number of halogens is 3. The molecule has 0 bridgehead atoms. The Kier molecular flexibility index (Phi) is 5.75. The molecule has 0 aliphatic heterocycles. The lowest BCUT2D eigenvalue weighted by molar-refractivity contribution is 0.316. The Morgan fingerprint density at radius 1 is 1.41 bits per heavy atom. The molecule has 0 aromatic heterocycles. The van der Waals surface area contributed by atoms with Crippen LogP contribution in [0, 0.1) is 0 Å². The van der Waals surface area contributed by atoms with E-state index in [0.717, 1.165) is 19.1 Å². The van der Waals surface area contributed by atoms with Gasteiger partial charge in [-0.2, -0.15) is 0 Å². The number of rotatable bonds is 4. The first-order chi connectivity index (χ1) is 7.93. The Hall–Kier alpha value is -0.270. The lowest BCUT2D eigenvalue weighted by Gasteiger charge is -2.17. The second-order valence-corrected chi connectivity index (χ2v) is 6.21. The average molecular weight is 430 g/mol. The Balaban J connectivity index is 2.81. The standard InChI is InChI=1S/C10H12Br3N3O/c1-5(2-9(14)16-17)15-10-7(12)3-6(11)4-8(10)13/h3-5,15,17H,2H2,1H3,(H2,14,16). The molecule has 7 heteroatoms. The Morgan fingerprint density at radius 3 is 2.41 bits per heavy atom. The maximum Gasteiger partial charge on any atom is 0.141 e. The molecule has 1 atom stereocenters. The molecule has 94 valence electrons. The van der Waals surface area contributed by atoms with Gasteiger partial charge in [0.1, 0.15) is 5.84 Å². The molecule has 0 radical (unpaired) electrons. The van der Waals surface area contributed by atoms with Gasteiger partial charge in [-0.25, -0.2) is 0 Å². The van der Waals surface area contributed by atoms with Gasteiger partial charge in [-0.1, -0.05) is 21.1 Å². The highest BCUT2D eigenvalue weighted by molar-refractivity contribution is 9.11. The van der Waals surface area contributed by atoms with Crippen molar-refractivity contribution in [3.05, 3.63) is 25.6 Å². The summed E-state index contributed by atoms with van der Waals surface area (Å²) in [4.78, 5) is 0. The topological polar surface area (TPSA) is 70.6 Å². The molecule has 0 amide bonds. The van der Waals surface area contributed by atoms with Crippen molar-refractivity contribution < 1.29 is 5.21 Å². The first-order valence-corrected chi connectivity index (χ1v) is 7.19. The minimum Gasteiger partial charge on any atom is -0.409 e. The van der Waals surface area contributed by atoms with E-state index in [4.69, 9.17) is 10.9 Å². The van der Waals surface area contributed by atoms with Crippen LogP contribution in [-0.4, -0.2) is 17.1 Å². The summed E-state index contributed by atoms with van der Waals surface area (Å²) in [5, 5.41) is 14.7. The van der Waals surface area contributed by atoms with Gasteiger partial charge in [-0.05, 0) is 50.9 Å². The minimum atomic E-state index is 0.0553. The molecule has 1 aromatic rings. The summed E-state index contributed by atoms with van der Waals surface area (Å²) in [6.07, 6.45) is 0.464. The molecule has 0 fully saturated rings. The zero-order valence-electron chi connectivity index (χ0n) is 9.04. The smallest absolute Gasteiger partial charge is 0.141 e. The molecule has 17 heavy (non-hydrogen) atoms. The van der Waals surface area contributed by atoms with Gasteiger partial charge in [-0.3, -0.25) is 0 Å². The number of nitrogens with zero attached hydrogens (tertiary/aromatic N) is 1. The molecule has 4 N–H and O–H groups in total. The normalized spacial score (nSPS) is 13.5. The van der Waals surface area contributed by atoms with Crippen LogP contribution in [0.4, 0.5) is 5.69 Å². The molecule has 0 aliphatic carbocycles. The molecule has 0 spiro atoms. The molecule has 0 aliphatic rings. The second kappa shape index (κ2) is 6.61. The van der Waals surface area contributed by atoms with Crippen LogP contribution in [0.25, 0.3) is 0 Å². The van der Waals surface area contributed by atoms with Gasteiger partial charge in [0.25, 0.3) is 0 Å². The number of amidine groups is 1. The van der Waals surface area contributed by atoms with Gasteiger partial charge < -0.3 is 16.3 Å². The van der Waals surface area contributed by atoms with Crippen molar-refractivity contribution in [3.8, 4) is 0 Å². The predicted molar refractivity (Wildman–Crippen MR) is 80.7 cm³/mol. The zero-order chi connectivity index (χ0) is 13.0. The zero-order valence-corrected chi connectivity index (χ0v) is 13.8. The number of nitrogens with two attached hydrogens (primary N) is 1. The van der Waals surface area contributed by atoms with E-state index in [2.05, 4.69) is 58.3 Å². The summed E-state index contributed by atoms with van der Waals surface area (Å²) in [6.45, 7) is 1.96. The van der Waals surface area contributed by atoms with Crippen molar-refractivity contribution in [3.63, 3.8) is 0 Å². The van der Waals surface area contributed by atoms with Crippen LogP contribution in [0.3, 0.4) is 0 Å². The van der Waals surface area contributed by atoms with E-state index in [9.17, 15) is 0 Å². The average Bonchev–Trinajstić information content (AvgIpc) is 2.23. The van der Waals surface area contributed by atoms with Gasteiger partial charge in [0.05, 0.1) is 5.69 Å². The monoisotopic (exact) mass is 427 g/mol. The molecular weight excluding hydrogens is 418 g/mol. The summed E-state index contributed by atoms with van der Waals surface area (Å²) in [5.74, 6) is 0.203. The SMILES string of the molecule is CC(CC(N)=NO)Nc1c(Br)cc(Br)cc1Br. The van der Waals surface area contributed by atoms with E-state index in [1.54, 1.807) is 0 Å². The van der Waals surface area contributed by atoms with Crippen molar-refractivity contribution in [2.75, 3.05) is 5.32 Å². The first kappa shape index (κ1) is 14.8. The van der Waals surface area contributed by atoms with Crippen molar-refractivity contribution >= 4 is 59.3 Å². The fourth-order valence-electron chi connectivity index (χ4n) is 1.33. The van der Waals surface area contributed by atoms with Crippen molar-refractivity contribution in [2.45, 2.75) is 19.4 Å². The van der Waals surface area contributed by atoms with Crippen LogP contribution in [0.1, 0.15) is 13.3 Å².